The Morgan fingerprint density at radius 2 is 1.69 bits per heavy atom. The van der Waals surface area contributed by atoms with Gasteiger partial charge >= 0.3 is 0 Å². The molecule has 1 aliphatic rings. The van der Waals surface area contributed by atoms with Crippen molar-refractivity contribution in [3.05, 3.63) is 65.5 Å². The lowest BCUT2D eigenvalue weighted by Crippen LogP contribution is -2.45. The zero-order valence-corrected chi connectivity index (χ0v) is 14.6. The van der Waals surface area contributed by atoms with Gasteiger partial charge in [-0.2, -0.15) is 0 Å². The van der Waals surface area contributed by atoms with Crippen LogP contribution in [0, 0.1) is 11.7 Å². The first kappa shape index (κ1) is 18.4. The molecule has 0 saturated heterocycles. The van der Waals surface area contributed by atoms with E-state index < -0.39 is 5.60 Å². The molecular formula is C21H24FNO3. The first-order chi connectivity index (χ1) is 12.4. The van der Waals surface area contributed by atoms with Crippen molar-refractivity contribution in [1.82, 2.24) is 5.32 Å². The molecule has 0 atom stereocenters. The van der Waals surface area contributed by atoms with Gasteiger partial charge < -0.3 is 15.5 Å². The summed E-state index contributed by atoms with van der Waals surface area (Å²) in [5.41, 5.74) is 0.685. The molecular weight excluding hydrogens is 333 g/mol. The molecule has 0 spiro atoms. The maximum atomic E-state index is 13.0. The molecule has 138 valence electrons. The van der Waals surface area contributed by atoms with Crippen molar-refractivity contribution in [2.75, 3.05) is 6.54 Å². The van der Waals surface area contributed by atoms with Gasteiger partial charge in [-0.3, -0.25) is 4.79 Å². The van der Waals surface area contributed by atoms with Gasteiger partial charge in [-0.15, -0.1) is 0 Å². The van der Waals surface area contributed by atoms with E-state index in [2.05, 4.69) is 5.32 Å². The lowest BCUT2D eigenvalue weighted by Gasteiger charge is -2.36. The lowest BCUT2D eigenvalue weighted by molar-refractivity contribution is -0.00742. The third kappa shape index (κ3) is 4.82. The van der Waals surface area contributed by atoms with Crippen molar-refractivity contribution in [2.24, 2.45) is 5.92 Å². The van der Waals surface area contributed by atoms with E-state index in [9.17, 15) is 19.4 Å². The van der Waals surface area contributed by atoms with E-state index in [4.69, 9.17) is 0 Å². The van der Waals surface area contributed by atoms with E-state index in [-0.39, 0.29) is 24.0 Å². The van der Waals surface area contributed by atoms with Crippen molar-refractivity contribution in [2.45, 2.75) is 37.7 Å². The van der Waals surface area contributed by atoms with E-state index >= 15 is 0 Å². The SMILES string of the molecule is O=C(NC[C@]1(O)CC[C@H](Cc2ccc(F)cc2)CC1)c1ccc(O)cc1. The Bertz CT molecular complexity index is 735. The van der Waals surface area contributed by atoms with Crippen LogP contribution in [0.5, 0.6) is 5.75 Å². The smallest absolute Gasteiger partial charge is 0.251 e. The summed E-state index contributed by atoms with van der Waals surface area (Å²) >= 11 is 0. The number of amides is 1. The van der Waals surface area contributed by atoms with Crippen LogP contribution in [0.3, 0.4) is 0 Å². The first-order valence-electron chi connectivity index (χ1n) is 8.98. The highest BCUT2D eigenvalue weighted by atomic mass is 19.1. The van der Waals surface area contributed by atoms with Crippen LogP contribution in [-0.4, -0.2) is 28.3 Å². The van der Waals surface area contributed by atoms with Crippen molar-refractivity contribution < 1.29 is 19.4 Å². The number of hydrogen-bond acceptors (Lipinski definition) is 3. The minimum absolute atomic E-state index is 0.111. The van der Waals surface area contributed by atoms with Gasteiger partial charge in [-0.05, 0) is 80.0 Å². The highest BCUT2D eigenvalue weighted by Gasteiger charge is 2.33. The predicted octanol–water partition coefficient (Wildman–Crippen LogP) is 3.43. The molecule has 3 rings (SSSR count). The van der Waals surface area contributed by atoms with Crippen LogP contribution in [0.25, 0.3) is 0 Å². The second kappa shape index (κ2) is 7.87. The average Bonchev–Trinajstić information content (AvgIpc) is 2.64. The quantitative estimate of drug-likeness (QED) is 0.768. The molecule has 5 heteroatoms. The fourth-order valence-corrected chi connectivity index (χ4v) is 3.51. The zero-order chi connectivity index (χ0) is 18.6. The Morgan fingerprint density at radius 1 is 1.08 bits per heavy atom. The summed E-state index contributed by atoms with van der Waals surface area (Å²) in [7, 11) is 0. The highest BCUT2D eigenvalue weighted by molar-refractivity contribution is 5.94. The number of hydrogen-bond donors (Lipinski definition) is 3. The van der Waals surface area contributed by atoms with Gasteiger partial charge in [-0.25, -0.2) is 4.39 Å². The average molecular weight is 357 g/mol. The number of carbonyl (C=O) groups excluding carboxylic acids is 1. The van der Waals surface area contributed by atoms with Gasteiger partial charge in [0.15, 0.2) is 0 Å². The van der Waals surface area contributed by atoms with Crippen molar-refractivity contribution in [1.29, 1.82) is 0 Å². The molecule has 1 fully saturated rings. The lowest BCUT2D eigenvalue weighted by atomic mass is 9.76. The van der Waals surface area contributed by atoms with Crippen molar-refractivity contribution in [3.63, 3.8) is 0 Å². The summed E-state index contributed by atoms with van der Waals surface area (Å²) in [4.78, 5) is 12.1. The third-order valence-electron chi connectivity index (χ3n) is 5.18. The van der Waals surface area contributed by atoms with Gasteiger partial charge in [0, 0.05) is 12.1 Å². The second-order valence-electron chi connectivity index (χ2n) is 7.23. The molecule has 2 aromatic rings. The molecule has 0 aliphatic heterocycles. The molecule has 0 aromatic heterocycles. The molecule has 0 bridgehead atoms. The van der Waals surface area contributed by atoms with Crippen LogP contribution in [-0.2, 0) is 6.42 Å². The Hall–Kier alpha value is -2.40. The number of phenolic OH excluding ortho intramolecular Hbond substituents is 1. The van der Waals surface area contributed by atoms with Gasteiger partial charge in [-0.1, -0.05) is 12.1 Å². The minimum Gasteiger partial charge on any atom is -0.508 e. The van der Waals surface area contributed by atoms with Crippen LogP contribution in [0.1, 0.15) is 41.6 Å². The van der Waals surface area contributed by atoms with Gasteiger partial charge in [0.25, 0.3) is 5.91 Å². The summed E-state index contributed by atoms with van der Waals surface area (Å²) < 4.78 is 13.0. The Balaban J connectivity index is 1.47. The molecule has 2 aromatic carbocycles. The van der Waals surface area contributed by atoms with Crippen LogP contribution >= 0.6 is 0 Å². The summed E-state index contributed by atoms with van der Waals surface area (Å²) in [6.07, 6.45) is 3.91. The normalized spacial score (nSPS) is 22.8. The molecule has 0 unspecified atom stereocenters. The Morgan fingerprint density at radius 3 is 2.31 bits per heavy atom. The standard InChI is InChI=1S/C21H24FNO3/c22-18-5-1-15(2-6-18)13-16-9-11-21(26,12-10-16)14-23-20(25)17-3-7-19(24)8-4-17/h1-8,16,24,26H,9-14H2,(H,23,25)/t16-,21-. The number of benzene rings is 2. The maximum Gasteiger partial charge on any atom is 0.251 e. The highest BCUT2D eigenvalue weighted by Crippen LogP contribution is 2.33. The predicted molar refractivity (Wildman–Crippen MR) is 97.5 cm³/mol. The molecule has 1 amide bonds. The van der Waals surface area contributed by atoms with Crippen LogP contribution in [0.15, 0.2) is 48.5 Å². The minimum atomic E-state index is -0.883. The molecule has 26 heavy (non-hydrogen) atoms. The molecule has 3 N–H and O–H groups in total. The fraction of sp³-hybridized carbons (Fsp3) is 0.381. The van der Waals surface area contributed by atoms with Crippen molar-refractivity contribution in [3.8, 4) is 5.75 Å². The summed E-state index contributed by atoms with van der Waals surface area (Å²) in [6.45, 7) is 0.218. The van der Waals surface area contributed by atoms with E-state index in [1.54, 1.807) is 12.1 Å². The number of rotatable bonds is 5. The first-order valence-corrected chi connectivity index (χ1v) is 8.98. The number of aliphatic hydroxyl groups is 1. The topological polar surface area (TPSA) is 69.6 Å². The zero-order valence-electron chi connectivity index (χ0n) is 14.6. The van der Waals surface area contributed by atoms with E-state index in [0.717, 1.165) is 24.8 Å². The maximum absolute atomic E-state index is 13.0. The molecule has 1 saturated carbocycles. The van der Waals surface area contributed by atoms with Crippen molar-refractivity contribution >= 4 is 5.91 Å². The molecule has 0 heterocycles. The second-order valence-corrected chi connectivity index (χ2v) is 7.23. The molecule has 4 nitrogen and oxygen atoms in total. The van der Waals surface area contributed by atoms with Gasteiger partial charge in [0.05, 0.1) is 5.60 Å². The Kier molecular flexibility index (Phi) is 5.57. The third-order valence-corrected chi connectivity index (χ3v) is 5.18. The van der Waals surface area contributed by atoms with E-state index in [1.807, 2.05) is 12.1 Å². The summed E-state index contributed by atoms with van der Waals surface area (Å²) in [5.74, 6) is 0.0937. The largest absolute Gasteiger partial charge is 0.508 e. The van der Waals surface area contributed by atoms with E-state index in [0.29, 0.717) is 24.3 Å². The fourth-order valence-electron chi connectivity index (χ4n) is 3.51. The molecule has 0 radical (unpaired) electrons. The summed E-state index contributed by atoms with van der Waals surface area (Å²) in [6, 6.07) is 12.6. The van der Waals surface area contributed by atoms with Crippen LogP contribution in [0.4, 0.5) is 4.39 Å². The summed E-state index contributed by atoms with van der Waals surface area (Å²) in [5, 5.41) is 22.8. The number of aromatic hydroxyl groups is 1. The number of nitrogens with one attached hydrogen (secondary N) is 1. The van der Waals surface area contributed by atoms with Crippen LogP contribution in [0.2, 0.25) is 0 Å². The van der Waals surface area contributed by atoms with E-state index in [1.165, 1.54) is 24.3 Å². The number of carbonyl (C=O) groups is 1. The van der Waals surface area contributed by atoms with Gasteiger partial charge in [0.2, 0.25) is 0 Å². The monoisotopic (exact) mass is 357 g/mol. The van der Waals surface area contributed by atoms with Crippen LogP contribution < -0.4 is 5.32 Å². The van der Waals surface area contributed by atoms with Gasteiger partial charge in [0.1, 0.15) is 11.6 Å². The molecule has 1 aliphatic carbocycles. The number of phenols is 1. The number of halogens is 1. The Labute approximate surface area is 152 Å².